The molecule has 6 heteroatoms. The summed E-state index contributed by atoms with van der Waals surface area (Å²) in [5.41, 5.74) is 0. The fourth-order valence-electron chi connectivity index (χ4n) is 1.74. The minimum atomic E-state index is -0.258. The average Bonchev–Trinajstić information content (AvgIpc) is 2.53. The third-order valence-corrected chi connectivity index (χ3v) is 2.82. The molecule has 0 unspecified atom stereocenters. The molecule has 22 heavy (non-hydrogen) atoms. The first-order valence-corrected chi connectivity index (χ1v) is 7.65. The molecule has 0 fully saturated rings. The highest BCUT2D eigenvalue weighted by atomic mass is 19.1. The van der Waals surface area contributed by atoms with Crippen molar-refractivity contribution >= 4 is 5.96 Å². The van der Waals surface area contributed by atoms with E-state index in [0.717, 1.165) is 38.5 Å². The van der Waals surface area contributed by atoms with Crippen molar-refractivity contribution in [3.05, 3.63) is 30.1 Å². The number of aliphatic imine (C=N–C) groups is 1. The van der Waals surface area contributed by atoms with Gasteiger partial charge in [0.2, 0.25) is 0 Å². The summed E-state index contributed by atoms with van der Waals surface area (Å²) in [5, 5.41) is 6.44. The molecule has 0 aromatic heterocycles. The smallest absolute Gasteiger partial charge is 0.191 e. The van der Waals surface area contributed by atoms with Crippen LogP contribution in [0.25, 0.3) is 0 Å². The zero-order valence-corrected chi connectivity index (χ0v) is 13.4. The predicted octanol–water partition coefficient (Wildman–Crippen LogP) is 2.19. The van der Waals surface area contributed by atoms with Crippen LogP contribution in [0.15, 0.2) is 29.3 Å². The van der Waals surface area contributed by atoms with Crippen LogP contribution in [0.4, 0.5) is 4.39 Å². The number of hydrogen-bond donors (Lipinski definition) is 2. The molecule has 0 heterocycles. The molecular formula is C16H26FN3O2. The van der Waals surface area contributed by atoms with E-state index in [4.69, 9.17) is 9.47 Å². The lowest BCUT2D eigenvalue weighted by atomic mass is 10.3. The van der Waals surface area contributed by atoms with Crippen LogP contribution >= 0.6 is 0 Å². The highest BCUT2D eigenvalue weighted by Crippen LogP contribution is 2.10. The molecule has 1 aromatic carbocycles. The van der Waals surface area contributed by atoms with E-state index in [9.17, 15) is 4.39 Å². The van der Waals surface area contributed by atoms with Gasteiger partial charge >= 0.3 is 0 Å². The summed E-state index contributed by atoms with van der Waals surface area (Å²) in [5.74, 6) is 1.22. The number of methoxy groups -OCH3 is 1. The van der Waals surface area contributed by atoms with Crippen LogP contribution in [-0.2, 0) is 4.74 Å². The first kappa shape index (κ1) is 18.2. The number of ether oxygens (including phenoxy) is 2. The third kappa shape index (κ3) is 8.46. The Kier molecular flexibility index (Phi) is 9.78. The van der Waals surface area contributed by atoms with Gasteiger partial charge in [0, 0.05) is 39.8 Å². The van der Waals surface area contributed by atoms with Crippen molar-refractivity contribution in [2.24, 2.45) is 4.99 Å². The minimum Gasteiger partial charge on any atom is -0.494 e. The largest absolute Gasteiger partial charge is 0.494 e. The first-order valence-electron chi connectivity index (χ1n) is 7.65. The Balaban J connectivity index is 2.20. The van der Waals surface area contributed by atoms with E-state index in [1.54, 1.807) is 19.2 Å². The maximum atomic E-state index is 12.7. The van der Waals surface area contributed by atoms with Gasteiger partial charge in [0.25, 0.3) is 0 Å². The summed E-state index contributed by atoms with van der Waals surface area (Å²) in [6, 6.07) is 6.03. The number of rotatable bonds is 10. The second-order valence-electron chi connectivity index (χ2n) is 4.69. The number of halogens is 1. The SMILES string of the molecule is CCNC(=NCCCOc1ccc(F)cc1)NCCCOC. The Morgan fingerprint density at radius 1 is 1.14 bits per heavy atom. The monoisotopic (exact) mass is 311 g/mol. The summed E-state index contributed by atoms with van der Waals surface area (Å²) < 4.78 is 23.3. The first-order chi connectivity index (χ1) is 10.8. The van der Waals surface area contributed by atoms with Crippen molar-refractivity contribution < 1.29 is 13.9 Å². The van der Waals surface area contributed by atoms with Crippen molar-refractivity contribution in [1.82, 2.24) is 10.6 Å². The van der Waals surface area contributed by atoms with Crippen molar-refractivity contribution in [1.29, 1.82) is 0 Å². The number of benzene rings is 1. The molecule has 0 spiro atoms. The van der Waals surface area contributed by atoms with Crippen LogP contribution in [0.3, 0.4) is 0 Å². The van der Waals surface area contributed by atoms with Crippen LogP contribution in [0.5, 0.6) is 5.75 Å². The average molecular weight is 311 g/mol. The fraction of sp³-hybridized carbons (Fsp3) is 0.562. The van der Waals surface area contributed by atoms with Crippen molar-refractivity contribution in [2.75, 3.05) is 40.0 Å². The molecule has 0 saturated heterocycles. The van der Waals surface area contributed by atoms with Crippen LogP contribution < -0.4 is 15.4 Å². The predicted molar refractivity (Wildman–Crippen MR) is 87.0 cm³/mol. The molecule has 0 radical (unpaired) electrons. The van der Waals surface area contributed by atoms with Gasteiger partial charge in [-0.3, -0.25) is 4.99 Å². The van der Waals surface area contributed by atoms with Crippen molar-refractivity contribution in [2.45, 2.75) is 19.8 Å². The van der Waals surface area contributed by atoms with E-state index in [2.05, 4.69) is 15.6 Å². The maximum Gasteiger partial charge on any atom is 0.191 e. The van der Waals surface area contributed by atoms with Crippen molar-refractivity contribution in [3.63, 3.8) is 0 Å². The Morgan fingerprint density at radius 2 is 1.91 bits per heavy atom. The molecule has 2 N–H and O–H groups in total. The summed E-state index contributed by atoms with van der Waals surface area (Å²) >= 11 is 0. The number of nitrogens with one attached hydrogen (secondary N) is 2. The zero-order valence-electron chi connectivity index (χ0n) is 13.4. The third-order valence-electron chi connectivity index (χ3n) is 2.82. The Bertz CT molecular complexity index is 424. The van der Waals surface area contributed by atoms with Gasteiger partial charge in [0.05, 0.1) is 6.61 Å². The highest BCUT2D eigenvalue weighted by molar-refractivity contribution is 5.79. The molecule has 1 aromatic rings. The zero-order chi connectivity index (χ0) is 16.0. The molecule has 0 atom stereocenters. The van der Waals surface area contributed by atoms with Crippen molar-refractivity contribution in [3.8, 4) is 5.75 Å². The van der Waals surface area contributed by atoms with E-state index in [0.29, 0.717) is 18.9 Å². The van der Waals surface area contributed by atoms with Gasteiger partial charge in [0.15, 0.2) is 5.96 Å². The fourth-order valence-corrected chi connectivity index (χ4v) is 1.74. The summed E-state index contributed by atoms with van der Waals surface area (Å²) in [4.78, 5) is 4.47. The number of nitrogens with zero attached hydrogens (tertiary/aromatic N) is 1. The van der Waals surface area contributed by atoms with Gasteiger partial charge in [-0.1, -0.05) is 0 Å². The normalized spacial score (nSPS) is 11.3. The van der Waals surface area contributed by atoms with E-state index in [1.807, 2.05) is 6.92 Å². The number of guanidine groups is 1. The lowest BCUT2D eigenvalue weighted by molar-refractivity contribution is 0.195. The number of hydrogen-bond acceptors (Lipinski definition) is 3. The van der Waals surface area contributed by atoms with Gasteiger partial charge in [-0.25, -0.2) is 4.39 Å². The van der Waals surface area contributed by atoms with Crippen LogP contribution in [0.1, 0.15) is 19.8 Å². The van der Waals surface area contributed by atoms with Crippen LogP contribution in [0, 0.1) is 5.82 Å². The van der Waals surface area contributed by atoms with Gasteiger partial charge in [0.1, 0.15) is 11.6 Å². The van der Waals surface area contributed by atoms with Crippen LogP contribution in [0.2, 0.25) is 0 Å². The summed E-state index contributed by atoms with van der Waals surface area (Å²) in [7, 11) is 1.69. The topological polar surface area (TPSA) is 54.9 Å². The molecule has 0 aliphatic heterocycles. The minimum absolute atomic E-state index is 0.258. The Labute approximate surface area is 131 Å². The Morgan fingerprint density at radius 3 is 2.59 bits per heavy atom. The summed E-state index contributed by atoms with van der Waals surface area (Å²) in [6.45, 7) is 5.63. The van der Waals surface area contributed by atoms with E-state index in [-0.39, 0.29) is 5.82 Å². The van der Waals surface area contributed by atoms with E-state index in [1.165, 1.54) is 12.1 Å². The van der Waals surface area contributed by atoms with Gasteiger partial charge in [-0.2, -0.15) is 0 Å². The van der Waals surface area contributed by atoms with Gasteiger partial charge in [-0.15, -0.1) is 0 Å². The highest BCUT2D eigenvalue weighted by Gasteiger charge is 1.97. The lowest BCUT2D eigenvalue weighted by Gasteiger charge is -2.11. The standard InChI is InChI=1S/C16H26FN3O2/c1-3-18-16(19-10-4-12-21-2)20-11-5-13-22-15-8-6-14(17)7-9-15/h6-9H,3-5,10-13H2,1-2H3,(H2,18,19,20). The second-order valence-corrected chi connectivity index (χ2v) is 4.69. The lowest BCUT2D eigenvalue weighted by Crippen LogP contribution is -2.38. The van der Waals surface area contributed by atoms with Gasteiger partial charge < -0.3 is 20.1 Å². The van der Waals surface area contributed by atoms with Crippen LogP contribution in [-0.4, -0.2) is 45.9 Å². The van der Waals surface area contributed by atoms with E-state index < -0.39 is 0 Å². The Hall–Kier alpha value is -1.82. The molecule has 0 aliphatic rings. The molecule has 124 valence electrons. The second kappa shape index (κ2) is 11.8. The molecular weight excluding hydrogens is 285 g/mol. The summed E-state index contributed by atoms with van der Waals surface area (Å²) in [6.07, 6.45) is 1.74. The molecule has 0 aliphatic carbocycles. The van der Waals surface area contributed by atoms with E-state index >= 15 is 0 Å². The van der Waals surface area contributed by atoms with Gasteiger partial charge in [-0.05, 0) is 37.6 Å². The molecule has 0 saturated carbocycles. The molecule has 1 rings (SSSR count). The quantitative estimate of drug-likeness (QED) is 0.395. The molecule has 0 bridgehead atoms. The molecule has 0 amide bonds. The molecule has 5 nitrogen and oxygen atoms in total. The maximum absolute atomic E-state index is 12.7.